The number of hydrogen-bond donors (Lipinski definition) is 0. The van der Waals surface area contributed by atoms with Gasteiger partial charge in [0.25, 0.3) is 0 Å². The summed E-state index contributed by atoms with van der Waals surface area (Å²) in [4.78, 5) is 18.1. The largest absolute Gasteiger partial charge is 0.406 e. The highest BCUT2D eigenvalue weighted by molar-refractivity contribution is 7.99. The van der Waals surface area contributed by atoms with E-state index in [1.165, 1.54) is 0 Å². The SMILES string of the molecule is CC(C1CC1)N(CC(F)(F)F)C(=O)CSc1nc2ccccc2n1CCC#N. The first-order chi connectivity index (χ1) is 13.3. The molecule has 1 amide bonds. The van der Waals surface area contributed by atoms with Gasteiger partial charge in [-0.1, -0.05) is 23.9 Å². The minimum Gasteiger partial charge on any atom is -0.330 e. The van der Waals surface area contributed by atoms with E-state index < -0.39 is 24.7 Å². The number of thioether (sulfide) groups is 1. The normalized spacial score (nSPS) is 15.4. The van der Waals surface area contributed by atoms with Crippen molar-refractivity contribution in [3.8, 4) is 6.07 Å². The third kappa shape index (κ3) is 4.98. The van der Waals surface area contributed by atoms with Crippen LogP contribution in [0.25, 0.3) is 11.0 Å². The van der Waals surface area contributed by atoms with Crippen molar-refractivity contribution in [1.82, 2.24) is 14.5 Å². The summed E-state index contributed by atoms with van der Waals surface area (Å²) in [5.74, 6) is -0.514. The van der Waals surface area contributed by atoms with Crippen LogP contribution in [0.2, 0.25) is 0 Å². The van der Waals surface area contributed by atoms with Gasteiger partial charge in [0.05, 0.1) is 29.3 Å². The molecule has 3 rings (SSSR count). The first-order valence-corrected chi connectivity index (χ1v) is 10.1. The third-order valence-electron chi connectivity index (χ3n) is 4.86. The molecule has 1 heterocycles. The van der Waals surface area contributed by atoms with Crippen LogP contribution >= 0.6 is 11.8 Å². The molecule has 0 N–H and O–H groups in total. The molecule has 28 heavy (non-hydrogen) atoms. The van der Waals surface area contributed by atoms with E-state index in [1.807, 2.05) is 28.8 Å². The van der Waals surface area contributed by atoms with Crippen molar-refractivity contribution in [2.24, 2.45) is 5.92 Å². The number of halogens is 3. The molecule has 0 spiro atoms. The van der Waals surface area contributed by atoms with Crippen LogP contribution in [0.3, 0.4) is 0 Å². The number of imidazole rings is 1. The van der Waals surface area contributed by atoms with Crippen molar-refractivity contribution in [3.63, 3.8) is 0 Å². The number of para-hydroxylation sites is 2. The molecule has 1 aliphatic carbocycles. The Kier molecular flexibility index (Phi) is 6.18. The molecular weight excluding hydrogens is 389 g/mol. The number of fused-ring (bicyclic) bond motifs is 1. The molecule has 1 saturated carbocycles. The van der Waals surface area contributed by atoms with Crippen molar-refractivity contribution in [3.05, 3.63) is 24.3 Å². The van der Waals surface area contributed by atoms with Crippen LogP contribution in [0.15, 0.2) is 29.4 Å². The maximum atomic E-state index is 13.0. The van der Waals surface area contributed by atoms with Gasteiger partial charge in [-0.15, -0.1) is 0 Å². The van der Waals surface area contributed by atoms with E-state index in [0.717, 1.165) is 40.5 Å². The summed E-state index contributed by atoms with van der Waals surface area (Å²) >= 11 is 1.12. The van der Waals surface area contributed by atoms with E-state index in [2.05, 4.69) is 11.1 Å². The summed E-state index contributed by atoms with van der Waals surface area (Å²) in [5, 5.41) is 9.43. The van der Waals surface area contributed by atoms with Gasteiger partial charge in [0.15, 0.2) is 5.16 Å². The zero-order chi connectivity index (χ0) is 20.3. The molecule has 5 nitrogen and oxygen atoms in total. The molecule has 0 saturated heterocycles. The van der Waals surface area contributed by atoms with E-state index in [9.17, 15) is 18.0 Å². The quantitative estimate of drug-likeness (QED) is 0.611. The lowest BCUT2D eigenvalue weighted by molar-refractivity contribution is -0.164. The minimum absolute atomic E-state index is 0.122. The van der Waals surface area contributed by atoms with Crippen molar-refractivity contribution in [2.75, 3.05) is 12.3 Å². The van der Waals surface area contributed by atoms with E-state index >= 15 is 0 Å². The fourth-order valence-corrected chi connectivity index (χ4v) is 4.16. The zero-order valence-corrected chi connectivity index (χ0v) is 16.3. The Hall–Kier alpha value is -2.21. The van der Waals surface area contributed by atoms with Gasteiger partial charge >= 0.3 is 6.18 Å². The van der Waals surface area contributed by atoms with E-state index in [0.29, 0.717) is 11.7 Å². The number of benzene rings is 1. The number of aromatic nitrogens is 2. The summed E-state index contributed by atoms with van der Waals surface area (Å²) in [6.07, 6.45) is -2.43. The average Bonchev–Trinajstić information content (AvgIpc) is 3.43. The molecular formula is C19H21F3N4OS. The second-order valence-electron chi connectivity index (χ2n) is 6.95. The molecule has 150 valence electrons. The number of carbonyl (C=O) groups is 1. The summed E-state index contributed by atoms with van der Waals surface area (Å²) < 4.78 is 40.7. The molecule has 9 heteroatoms. The summed E-state index contributed by atoms with van der Waals surface area (Å²) in [5.41, 5.74) is 1.57. The standard InChI is InChI=1S/C19H21F3N4OS/c1-13(14-7-8-14)26(12-19(20,21)22)17(27)11-28-18-24-15-5-2-3-6-16(15)25(18)10-4-9-23/h2-3,5-6,13-14H,4,7-8,10-12H2,1H3. The van der Waals surface area contributed by atoms with Crippen LogP contribution in [-0.2, 0) is 11.3 Å². The van der Waals surface area contributed by atoms with Crippen LogP contribution in [0, 0.1) is 17.2 Å². The molecule has 1 aromatic carbocycles. The average molecular weight is 410 g/mol. The predicted molar refractivity (Wildman–Crippen MR) is 101 cm³/mol. The first-order valence-electron chi connectivity index (χ1n) is 9.11. The number of rotatable bonds is 8. The molecule has 0 radical (unpaired) electrons. The number of alkyl halides is 3. The second kappa shape index (κ2) is 8.43. The Labute approximate surface area is 165 Å². The number of nitrogens with zero attached hydrogens (tertiary/aromatic N) is 4. The monoisotopic (exact) mass is 410 g/mol. The maximum absolute atomic E-state index is 13.0. The Morgan fingerprint density at radius 2 is 2.14 bits per heavy atom. The number of aryl methyl sites for hydroxylation is 1. The third-order valence-corrected chi connectivity index (χ3v) is 5.82. The lowest BCUT2D eigenvalue weighted by Crippen LogP contribution is -2.46. The van der Waals surface area contributed by atoms with Gasteiger partial charge in [0, 0.05) is 12.6 Å². The van der Waals surface area contributed by atoms with Gasteiger partial charge in [-0.05, 0) is 37.8 Å². The molecule has 0 aliphatic heterocycles. The molecule has 1 atom stereocenters. The number of hydrogen-bond acceptors (Lipinski definition) is 4. The van der Waals surface area contributed by atoms with Crippen LogP contribution in [0.1, 0.15) is 26.2 Å². The Bertz CT molecular complexity index is 885. The molecule has 2 aromatic rings. The molecule has 0 bridgehead atoms. The van der Waals surface area contributed by atoms with Crippen molar-refractivity contribution < 1.29 is 18.0 Å². The minimum atomic E-state index is -4.43. The van der Waals surface area contributed by atoms with Gasteiger partial charge < -0.3 is 9.47 Å². The fraction of sp³-hybridized carbons (Fsp3) is 0.526. The van der Waals surface area contributed by atoms with Gasteiger partial charge in [0.1, 0.15) is 6.54 Å². The number of amides is 1. The highest BCUT2D eigenvalue weighted by Gasteiger charge is 2.40. The smallest absolute Gasteiger partial charge is 0.330 e. The van der Waals surface area contributed by atoms with Gasteiger partial charge in [-0.25, -0.2) is 4.98 Å². The number of carbonyl (C=O) groups excluding carboxylic acids is 1. The van der Waals surface area contributed by atoms with Gasteiger partial charge in [-0.3, -0.25) is 4.79 Å². The van der Waals surface area contributed by atoms with Crippen molar-refractivity contribution in [2.45, 2.75) is 50.1 Å². The first kappa shape index (κ1) is 20.5. The summed E-state index contributed by atoms with van der Waals surface area (Å²) in [6.45, 7) is 0.876. The number of nitriles is 1. The van der Waals surface area contributed by atoms with Gasteiger partial charge in [0.2, 0.25) is 5.91 Å². The molecule has 1 fully saturated rings. The highest BCUT2D eigenvalue weighted by Crippen LogP contribution is 2.36. The molecule has 1 aliphatic rings. The second-order valence-corrected chi connectivity index (χ2v) is 7.89. The molecule has 1 unspecified atom stereocenters. The zero-order valence-electron chi connectivity index (χ0n) is 15.4. The van der Waals surface area contributed by atoms with Crippen molar-refractivity contribution >= 4 is 28.7 Å². The molecule has 1 aromatic heterocycles. The lowest BCUT2D eigenvalue weighted by atomic mass is 10.2. The lowest BCUT2D eigenvalue weighted by Gasteiger charge is -2.30. The van der Waals surface area contributed by atoms with E-state index in [-0.39, 0.29) is 18.1 Å². The van der Waals surface area contributed by atoms with E-state index in [1.54, 1.807) is 6.92 Å². The van der Waals surface area contributed by atoms with Crippen LogP contribution in [-0.4, -0.2) is 44.9 Å². The Morgan fingerprint density at radius 1 is 1.43 bits per heavy atom. The van der Waals surface area contributed by atoms with E-state index in [4.69, 9.17) is 5.26 Å². The fourth-order valence-electron chi connectivity index (χ4n) is 3.24. The predicted octanol–water partition coefficient (Wildman–Crippen LogP) is 4.23. The maximum Gasteiger partial charge on any atom is 0.406 e. The highest BCUT2D eigenvalue weighted by atomic mass is 32.2. The Morgan fingerprint density at radius 3 is 2.79 bits per heavy atom. The van der Waals surface area contributed by atoms with Crippen LogP contribution < -0.4 is 0 Å². The topological polar surface area (TPSA) is 61.9 Å². The Balaban J connectivity index is 1.76. The van der Waals surface area contributed by atoms with Crippen LogP contribution in [0.5, 0.6) is 0 Å². The van der Waals surface area contributed by atoms with Crippen molar-refractivity contribution in [1.29, 1.82) is 5.26 Å². The van der Waals surface area contributed by atoms with Crippen LogP contribution in [0.4, 0.5) is 13.2 Å². The van der Waals surface area contributed by atoms with Gasteiger partial charge in [-0.2, -0.15) is 18.4 Å². The summed E-state index contributed by atoms with van der Waals surface area (Å²) in [6, 6.07) is 9.05. The summed E-state index contributed by atoms with van der Waals surface area (Å²) in [7, 11) is 0.